The van der Waals surface area contributed by atoms with Crippen molar-refractivity contribution in [3.8, 4) is 0 Å². The van der Waals surface area contributed by atoms with Gasteiger partial charge in [-0.25, -0.2) is 0 Å². The number of rotatable bonds is 13. The Labute approximate surface area is 132 Å². The van der Waals surface area contributed by atoms with Gasteiger partial charge in [-0.3, -0.25) is 0 Å². The number of hydrogen-bond donors (Lipinski definition) is 0. The molecule has 1 unspecified atom stereocenters. The Hall–Kier alpha value is -0.120. The van der Waals surface area contributed by atoms with E-state index in [0.717, 1.165) is 51.9 Å². The zero-order valence-corrected chi connectivity index (χ0v) is 15.5. The fourth-order valence-electron chi connectivity index (χ4n) is 2.97. The van der Waals surface area contributed by atoms with Gasteiger partial charge < -0.3 is 14.2 Å². The van der Waals surface area contributed by atoms with Gasteiger partial charge >= 0.3 is 0 Å². The fourth-order valence-corrected chi connectivity index (χ4v) is 2.97. The van der Waals surface area contributed by atoms with Crippen LogP contribution in [0, 0.1) is 5.41 Å². The highest BCUT2D eigenvalue weighted by molar-refractivity contribution is 4.88. The first-order chi connectivity index (χ1) is 9.94. The van der Waals surface area contributed by atoms with Gasteiger partial charge in [0.1, 0.15) is 0 Å². The molecule has 1 atom stereocenters. The summed E-state index contributed by atoms with van der Waals surface area (Å²) in [6, 6.07) is 0. The zero-order valence-electron chi connectivity index (χ0n) is 15.5. The molecule has 128 valence electrons. The molecule has 0 spiro atoms. The molecule has 3 nitrogen and oxygen atoms in total. The number of methoxy groups -OCH3 is 1. The van der Waals surface area contributed by atoms with Crippen molar-refractivity contribution < 1.29 is 14.2 Å². The lowest BCUT2D eigenvalue weighted by atomic mass is 9.77. The Balaban J connectivity index is 4.88. The van der Waals surface area contributed by atoms with Crippen molar-refractivity contribution in [1.82, 2.24) is 0 Å². The average molecular weight is 302 g/mol. The van der Waals surface area contributed by atoms with Gasteiger partial charge in [-0.05, 0) is 39.0 Å². The van der Waals surface area contributed by atoms with Gasteiger partial charge in [0.15, 0.2) is 0 Å². The van der Waals surface area contributed by atoms with Crippen LogP contribution >= 0.6 is 0 Å². The first kappa shape index (κ1) is 20.9. The quantitative estimate of drug-likeness (QED) is 0.488. The maximum absolute atomic E-state index is 6.15. The predicted molar refractivity (Wildman–Crippen MR) is 89.9 cm³/mol. The van der Waals surface area contributed by atoms with Crippen molar-refractivity contribution in [3.05, 3.63) is 0 Å². The number of hydrogen-bond acceptors (Lipinski definition) is 3. The number of ether oxygens (including phenoxy) is 3. The van der Waals surface area contributed by atoms with E-state index in [-0.39, 0.29) is 11.0 Å². The van der Waals surface area contributed by atoms with Crippen LogP contribution in [0.2, 0.25) is 0 Å². The average Bonchev–Trinajstić information content (AvgIpc) is 2.52. The Kier molecular flexibility index (Phi) is 10.5. The van der Waals surface area contributed by atoms with Crippen LogP contribution in [0.5, 0.6) is 0 Å². The van der Waals surface area contributed by atoms with E-state index in [0.29, 0.717) is 6.10 Å². The van der Waals surface area contributed by atoms with Crippen LogP contribution in [0.25, 0.3) is 0 Å². The molecular weight excluding hydrogens is 264 g/mol. The van der Waals surface area contributed by atoms with E-state index in [1.165, 1.54) is 0 Å². The maximum atomic E-state index is 6.15. The van der Waals surface area contributed by atoms with Crippen LogP contribution in [0.4, 0.5) is 0 Å². The normalized spacial score (nSPS) is 15.4. The molecule has 21 heavy (non-hydrogen) atoms. The van der Waals surface area contributed by atoms with Crippen LogP contribution in [-0.4, -0.2) is 38.6 Å². The van der Waals surface area contributed by atoms with Crippen molar-refractivity contribution in [2.45, 2.75) is 85.4 Å². The van der Waals surface area contributed by atoms with Crippen LogP contribution in [-0.2, 0) is 14.2 Å². The second-order valence-corrected chi connectivity index (χ2v) is 6.47. The molecule has 0 rings (SSSR count). The summed E-state index contributed by atoms with van der Waals surface area (Å²) in [4.78, 5) is 0. The van der Waals surface area contributed by atoms with Crippen LogP contribution < -0.4 is 0 Å². The third kappa shape index (κ3) is 7.12. The molecule has 0 N–H and O–H groups in total. The van der Waals surface area contributed by atoms with Crippen molar-refractivity contribution in [1.29, 1.82) is 0 Å². The SMILES string of the molecule is CCOCC(C)(COC(CC)CC)CC(CC)(CC)OC. The summed E-state index contributed by atoms with van der Waals surface area (Å²) >= 11 is 0. The topological polar surface area (TPSA) is 27.7 Å². The summed E-state index contributed by atoms with van der Waals surface area (Å²) in [5, 5.41) is 0. The second kappa shape index (κ2) is 10.6. The highest BCUT2D eigenvalue weighted by atomic mass is 16.5. The summed E-state index contributed by atoms with van der Waals surface area (Å²) in [7, 11) is 1.83. The second-order valence-electron chi connectivity index (χ2n) is 6.47. The minimum atomic E-state index is -0.0663. The third-order valence-corrected chi connectivity index (χ3v) is 4.70. The van der Waals surface area contributed by atoms with Gasteiger partial charge in [-0.15, -0.1) is 0 Å². The molecule has 0 saturated heterocycles. The van der Waals surface area contributed by atoms with Crippen molar-refractivity contribution in [3.63, 3.8) is 0 Å². The van der Waals surface area contributed by atoms with Crippen LogP contribution in [0.1, 0.15) is 73.6 Å². The van der Waals surface area contributed by atoms with Crippen LogP contribution in [0.15, 0.2) is 0 Å². The summed E-state index contributed by atoms with van der Waals surface area (Å²) in [5.74, 6) is 0. The molecule has 0 saturated carbocycles. The third-order valence-electron chi connectivity index (χ3n) is 4.70. The molecule has 0 aromatic carbocycles. The van der Waals surface area contributed by atoms with Gasteiger partial charge in [-0.1, -0.05) is 34.6 Å². The van der Waals surface area contributed by atoms with Gasteiger partial charge in [0.2, 0.25) is 0 Å². The maximum Gasteiger partial charge on any atom is 0.0680 e. The predicted octanol–water partition coefficient (Wildman–Crippen LogP) is 4.83. The molecule has 0 bridgehead atoms. The Bertz CT molecular complexity index is 239. The fraction of sp³-hybridized carbons (Fsp3) is 1.00. The summed E-state index contributed by atoms with van der Waals surface area (Å²) in [5.41, 5.74) is -0.0657. The summed E-state index contributed by atoms with van der Waals surface area (Å²) < 4.78 is 17.7. The lowest BCUT2D eigenvalue weighted by Crippen LogP contribution is -2.42. The van der Waals surface area contributed by atoms with E-state index in [1.807, 2.05) is 14.0 Å². The minimum absolute atomic E-state index is 0.000625. The summed E-state index contributed by atoms with van der Waals surface area (Å²) in [6.07, 6.45) is 5.51. The molecular formula is C18H38O3. The Morgan fingerprint density at radius 1 is 0.905 bits per heavy atom. The van der Waals surface area contributed by atoms with Gasteiger partial charge in [0.05, 0.1) is 24.9 Å². The van der Waals surface area contributed by atoms with Gasteiger partial charge in [-0.2, -0.15) is 0 Å². The van der Waals surface area contributed by atoms with E-state index >= 15 is 0 Å². The highest BCUT2D eigenvalue weighted by Crippen LogP contribution is 2.36. The van der Waals surface area contributed by atoms with Crippen molar-refractivity contribution in [2.75, 3.05) is 26.9 Å². The van der Waals surface area contributed by atoms with E-state index < -0.39 is 0 Å². The molecule has 0 radical (unpaired) electrons. The molecule has 0 amide bonds. The smallest absolute Gasteiger partial charge is 0.0680 e. The molecule has 3 heteroatoms. The first-order valence-corrected chi connectivity index (χ1v) is 8.69. The van der Waals surface area contributed by atoms with Gasteiger partial charge in [0, 0.05) is 19.1 Å². The monoisotopic (exact) mass is 302 g/mol. The summed E-state index contributed by atoms with van der Waals surface area (Å²) in [6.45, 7) is 15.3. The molecule has 0 fully saturated rings. The molecule has 0 aliphatic carbocycles. The first-order valence-electron chi connectivity index (χ1n) is 8.69. The van der Waals surface area contributed by atoms with Crippen LogP contribution in [0.3, 0.4) is 0 Å². The highest BCUT2D eigenvalue weighted by Gasteiger charge is 2.37. The molecule has 0 aliphatic rings. The zero-order chi connectivity index (χ0) is 16.4. The largest absolute Gasteiger partial charge is 0.381 e. The molecule has 0 aromatic heterocycles. The lowest BCUT2D eigenvalue weighted by Gasteiger charge is -2.40. The lowest BCUT2D eigenvalue weighted by molar-refractivity contribution is -0.103. The van der Waals surface area contributed by atoms with Crippen molar-refractivity contribution >= 4 is 0 Å². The van der Waals surface area contributed by atoms with E-state index in [4.69, 9.17) is 14.2 Å². The van der Waals surface area contributed by atoms with E-state index in [9.17, 15) is 0 Å². The van der Waals surface area contributed by atoms with Crippen molar-refractivity contribution in [2.24, 2.45) is 5.41 Å². The molecule has 0 aliphatic heterocycles. The molecule has 0 heterocycles. The standard InChI is InChI=1S/C18H38O3/c1-8-16(9-2)21-15-17(6,14-20-12-5)13-18(10-3,11-4)19-7/h16H,8-15H2,1-7H3. The molecule has 0 aromatic rings. The minimum Gasteiger partial charge on any atom is -0.381 e. The van der Waals surface area contributed by atoms with E-state index in [2.05, 4.69) is 34.6 Å². The van der Waals surface area contributed by atoms with E-state index in [1.54, 1.807) is 0 Å². The Morgan fingerprint density at radius 2 is 1.48 bits per heavy atom. The van der Waals surface area contributed by atoms with Gasteiger partial charge in [0.25, 0.3) is 0 Å². The Morgan fingerprint density at radius 3 is 1.86 bits per heavy atom.